The zero-order chi connectivity index (χ0) is 25.3. The van der Waals surface area contributed by atoms with Crippen LogP contribution in [0, 0.1) is 5.41 Å². The fourth-order valence-corrected chi connectivity index (χ4v) is 4.36. The molecule has 0 spiro atoms. The molecule has 2 unspecified atom stereocenters. The molecule has 0 aliphatic carbocycles. The molecule has 0 radical (unpaired) electrons. The van der Waals surface area contributed by atoms with Gasteiger partial charge in [-0.15, -0.1) is 0 Å². The summed E-state index contributed by atoms with van der Waals surface area (Å²) < 4.78 is 5.08. The molecule has 1 rings (SSSR count). The molecule has 0 aromatic heterocycles. The van der Waals surface area contributed by atoms with Crippen molar-refractivity contribution in [2.45, 2.75) is 112 Å². The molecule has 2 amide bonds. The number of likely N-dealkylation sites (tertiary alicyclic amines) is 1. The highest BCUT2D eigenvalue weighted by Gasteiger charge is 2.39. The van der Waals surface area contributed by atoms with E-state index in [-0.39, 0.29) is 29.9 Å². The summed E-state index contributed by atoms with van der Waals surface area (Å²) in [5.74, 6) is -0.593. The summed E-state index contributed by atoms with van der Waals surface area (Å²) in [6, 6.07) is -0.812. The number of ether oxygens (including phenoxy) is 1. The second-order valence-electron chi connectivity index (χ2n) is 10.3. The quantitative estimate of drug-likeness (QED) is 0.391. The van der Waals surface area contributed by atoms with Crippen molar-refractivity contribution >= 4 is 17.8 Å². The number of esters is 1. The summed E-state index contributed by atoms with van der Waals surface area (Å²) in [7, 11) is 1.74. The monoisotopic (exact) mass is 465 g/mol. The van der Waals surface area contributed by atoms with Crippen LogP contribution < -0.4 is 5.32 Å². The van der Waals surface area contributed by atoms with E-state index in [9.17, 15) is 14.4 Å². The van der Waals surface area contributed by atoms with Crippen molar-refractivity contribution in [3.8, 4) is 0 Å². The van der Waals surface area contributed by atoms with Gasteiger partial charge in [-0.1, -0.05) is 47.1 Å². The Bertz CT molecular complexity index is 698. The highest BCUT2D eigenvalue weighted by atomic mass is 16.5. The van der Waals surface area contributed by atoms with Gasteiger partial charge in [0.2, 0.25) is 11.8 Å². The minimum absolute atomic E-state index is 0.0667. The normalized spacial score (nSPS) is 20.5. The van der Waals surface area contributed by atoms with Crippen molar-refractivity contribution in [3.05, 3.63) is 11.6 Å². The van der Waals surface area contributed by atoms with Gasteiger partial charge in [-0.3, -0.25) is 14.5 Å². The van der Waals surface area contributed by atoms with Crippen molar-refractivity contribution in [3.63, 3.8) is 0 Å². The Morgan fingerprint density at radius 1 is 1.15 bits per heavy atom. The van der Waals surface area contributed by atoms with E-state index >= 15 is 0 Å². The second kappa shape index (κ2) is 13.1. The molecule has 0 aromatic carbocycles. The number of piperidine rings is 1. The third kappa shape index (κ3) is 8.13. The van der Waals surface area contributed by atoms with Crippen LogP contribution >= 0.6 is 0 Å². The molecule has 1 saturated heterocycles. The molecular formula is C26H47N3O4. The first kappa shape index (κ1) is 29.1. The van der Waals surface area contributed by atoms with Gasteiger partial charge in [-0.05, 0) is 58.4 Å². The maximum atomic E-state index is 13.6. The maximum absolute atomic E-state index is 13.6. The van der Waals surface area contributed by atoms with Gasteiger partial charge in [0.05, 0.1) is 18.7 Å². The van der Waals surface area contributed by atoms with Crippen LogP contribution in [-0.4, -0.2) is 72.0 Å². The summed E-state index contributed by atoms with van der Waals surface area (Å²) in [5.41, 5.74) is 0.0146. The highest BCUT2D eigenvalue weighted by Crippen LogP contribution is 2.25. The topological polar surface area (TPSA) is 79.0 Å². The SMILES string of the molecule is CCOC(=O)/C(C)=C/[C@H](CC)N(C)C(=O)[C@@H](NC(=O)C1CCCCN1C(C)CC)C(C)(C)C. The predicted octanol–water partition coefficient (Wildman–Crippen LogP) is 3.92. The number of nitrogens with one attached hydrogen (secondary N) is 1. The number of likely N-dealkylation sites (N-methyl/N-ethyl adjacent to an activating group) is 1. The molecule has 1 heterocycles. The summed E-state index contributed by atoms with van der Waals surface area (Å²) in [4.78, 5) is 43.0. The molecule has 190 valence electrons. The lowest BCUT2D eigenvalue weighted by Crippen LogP contribution is -2.60. The Labute approximate surface area is 201 Å². The van der Waals surface area contributed by atoms with Crippen molar-refractivity contribution < 1.29 is 19.1 Å². The van der Waals surface area contributed by atoms with Crippen LogP contribution in [0.3, 0.4) is 0 Å². The lowest BCUT2D eigenvalue weighted by Gasteiger charge is -2.41. The number of carbonyl (C=O) groups excluding carboxylic acids is 3. The van der Waals surface area contributed by atoms with Crippen LogP contribution in [0.2, 0.25) is 0 Å². The molecule has 4 atom stereocenters. The first-order valence-electron chi connectivity index (χ1n) is 12.6. The Morgan fingerprint density at radius 2 is 1.79 bits per heavy atom. The second-order valence-corrected chi connectivity index (χ2v) is 10.3. The van der Waals surface area contributed by atoms with Gasteiger partial charge >= 0.3 is 5.97 Å². The zero-order valence-electron chi connectivity index (χ0n) is 22.4. The molecule has 1 N–H and O–H groups in total. The van der Waals surface area contributed by atoms with Gasteiger partial charge in [0.1, 0.15) is 6.04 Å². The van der Waals surface area contributed by atoms with E-state index in [1.165, 1.54) is 0 Å². The first-order valence-corrected chi connectivity index (χ1v) is 12.6. The largest absolute Gasteiger partial charge is 0.463 e. The van der Waals surface area contributed by atoms with Crippen molar-refractivity contribution in [2.24, 2.45) is 5.41 Å². The van der Waals surface area contributed by atoms with Crippen LogP contribution in [-0.2, 0) is 19.1 Å². The lowest BCUT2D eigenvalue weighted by molar-refractivity contribution is -0.141. The van der Waals surface area contributed by atoms with E-state index in [0.29, 0.717) is 24.6 Å². The summed E-state index contributed by atoms with van der Waals surface area (Å²) in [5, 5.41) is 3.11. The molecule has 1 fully saturated rings. The number of hydrogen-bond acceptors (Lipinski definition) is 5. The zero-order valence-corrected chi connectivity index (χ0v) is 22.4. The molecule has 0 aromatic rings. The minimum atomic E-state index is -0.666. The van der Waals surface area contributed by atoms with Gasteiger partial charge in [-0.2, -0.15) is 0 Å². The van der Waals surface area contributed by atoms with Crippen molar-refractivity contribution in [2.75, 3.05) is 20.2 Å². The number of rotatable bonds is 10. The standard InChI is InChI=1S/C26H47N3O4/c1-10-19(5)29-16-14-13-15-21(29)23(30)27-22(26(6,7)8)24(31)28(9)20(11-2)17-18(4)25(32)33-12-3/h17,19-22H,10-16H2,1-9H3,(H,27,30)/b18-17+/t19?,20-,21?,22+/m0/s1. The highest BCUT2D eigenvalue weighted by molar-refractivity contribution is 5.91. The van der Waals surface area contributed by atoms with Crippen LogP contribution in [0.5, 0.6) is 0 Å². The molecule has 1 aliphatic rings. The van der Waals surface area contributed by atoms with E-state index in [1.807, 2.05) is 27.7 Å². The average Bonchev–Trinajstić information content (AvgIpc) is 2.78. The number of carbonyl (C=O) groups is 3. The van der Waals surface area contributed by atoms with Gasteiger partial charge in [0.15, 0.2) is 0 Å². The average molecular weight is 466 g/mol. The van der Waals surface area contributed by atoms with Gasteiger partial charge in [-0.25, -0.2) is 4.79 Å². The van der Waals surface area contributed by atoms with E-state index in [4.69, 9.17) is 4.74 Å². The first-order chi connectivity index (χ1) is 15.4. The van der Waals surface area contributed by atoms with Crippen LogP contribution in [0.4, 0.5) is 0 Å². The van der Waals surface area contributed by atoms with Crippen LogP contribution in [0.15, 0.2) is 11.6 Å². The van der Waals surface area contributed by atoms with Gasteiger partial charge in [0.25, 0.3) is 0 Å². The number of hydrogen-bond donors (Lipinski definition) is 1. The number of nitrogens with zero attached hydrogens (tertiary/aromatic N) is 2. The van der Waals surface area contributed by atoms with Crippen LogP contribution in [0.25, 0.3) is 0 Å². The molecule has 33 heavy (non-hydrogen) atoms. The smallest absolute Gasteiger partial charge is 0.333 e. The fraction of sp³-hybridized carbons (Fsp3) is 0.808. The Kier molecular flexibility index (Phi) is 11.6. The van der Waals surface area contributed by atoms with E-state index < -0.39 is 11.5 Å². The summed E-state index contributed by atoms with van der Waals surface area (Å²) >= 11 is 0. The van der Waals surface area contributed by atoms with Gasteiger partial charge < -0.3 is 15.0 Å². The molecule has 1 aliphatic heterocycles. The maximum Gasteiger partial charge on any atom is 0.333 e. The summed E-state index contributed by atoms with van der Waals surface area (Å²) in [6.45, 7) is 16.9. The molecule has 7 heteroatoms. The third-order valence-electron chi connectivity index (χ3n) is 6.71. The molecule has 7 nitrogen and oxygen atoms in total. The lowest BCUT2D eigenvalue weighted by atomic mass is 9.85. The van der Waals surface area contributed by atoms with Crippen molar-refractivity contribution in [1.29, 1.82) is 0 Å². The van der Waals surface area contributed by atoms with Crippen LogP contribution in [0.1, 0.15) is 87.5 Å². The van der Waals surface area contributed by atoms with E-state index in [2.05, 4.69) is 24.1 Å². The molecule has 0 bridgehead atoms. The third-order valence-corrected chi connectivity index (χ3v) is 6.71. The fourth-order valence-electron chi connectivity index (χ4n) is 4.36. The molecular weight excluding hydrogens is 418 g/mol. The predicted molar refractivity (Wildman–Crippen MR) is 133 cm³/mol. The van der Waals surface area contributed by atoms with E-state index in [0.717, 1.165) is 32.2 Å². The Hall–Kier alpha value is -1.89. The Morgan fingerprint density at radius 3 is 2.30 bits per heavy atom. The number of amides is 2. The molecule has 0 saturated carbocycles. The summed E-state index contributed by atoms with van der Waals surface area (Å²) in [6.07, 6.45) is 6.35. The van der Waals surface area contributed by atoms with Crippen molar-refractivity contribution in [1.82, 2.24) is 15.1 Å². The Balaban J connectivity index is 3.09. The van der Waals surface area contributed by atoms with Gasteiger partial charge in [0, 0.05) is 18.7 Å². The minimum Gasteiger partial charge on any atom is -0.463 e. The van der Waals surface area contributed by atoms with E-state index in [1.54, 1.807) is 31.9 Å².